The predicted molar refractivity (Wildman–Crippen MR) is 92.8 cm³/mol. The topological polar surface area (TPSA) is 108 Å². The molecule has 7 heteroatoms. The first-order valence-electron chi connectivity index (χ1n) is 7.75. The molecular weight excluding hydrogens is 324 g/mol. The lowest BCUT2D eigenvalue weighted by atomic mass is 10.0. The van der Waals surface area contributed by atoms with Crippen LogP contribution >= 0.6 is 0 Å². The second-order valence-corrected chi connectivity index (χ2v) is 5.56. The van der Waals surface area contributed by atoms with Gasteiger partial charge in [-0.15, -0.1) is 0 Å². The smallest absolute Gasteiger partial charge is 0.339 e. The second kappa shape index (κ2) is 7.21. The van der Waals surface area contributed by atoms with Gasteiger partial charge in [0.05, 0.1) is 7.11 Å². The molecule has 0 saturated heterocycles. The molecule has 0 unspecified atom stereocenters. The van der Waals surface area contributed by atoms with Crippen molar-refractivity contribution in [3.05, 3.63) is 46.3 Å². The number of carbonyl (C=O) groups is 3. The van der Waals surface area contributed by atoms with E-state index in [1.54, 1.807) is 6.92 Å². The normalized spacial score (nSPS) is 10.4. The van der Waals surface area contributed by atoms with E-state index in [9.17, 15) is 14.4 Å². The molecular formula is C18H20N2O5. The van der Waals surface area contributed by atoms with Crippen molar-refractivity contribution in [3.8, 4) is 5.75 Å². The Morgan fingerprint density at radius 3 is 2.48 bits per heavy atom. The molecule has 0 spiro atoms. The molecule has 2 rings (SSSR count). The Labute approximate surface area is 145 Å². The van der Waals surface area contributed by atoms with Gasteiger partial charge in [-0.3, -0.25) is 9.59 Å². The van der Waals surface area contributed by atoms with Gasteiger partial charge in [-0.25, -0.2) is 4.79 Å². The van der Waals surface area contributed by atoms with Crippen LogP contribution in [0.2, 0.25) is 0 Å². The summed E-state index contributed by atoms with van der Waals surface area (Å²) in [6.45, 7) is 5.08. The number of carboxylic acids is 1. The Hall–Kier alpha value is -3.09. The molecule has 1 amide bonds. The molecule has 1 aromatic carbocycles. The highest BCUT2D eigenvalue weighted by molar-refractivity contribution is 6.08. The minimum absolute atomic E-state index is 0.00401. The first-order chi connectivity index (χ1) is 11.8. The molecule has 0 aliphatic carbocycles. The van der Waals surface area contributed by atoms with Crippen LogP contribution in [-0.4, -0.2) is 34.9 Å². The van der Waals surface area contributed by atoms with Gasteiger partial charge in [-0.1, -0.05) is 6.92 Å². The van der Waals surface area contributed by atoms with E-state index < -0.39 is 11.9 Å². The first-order valence-corrected chi connectivity index (χ1v) is 7.75. The van der Waals surface area contributed by atoms with Crippen molar-refractivity contribution < 1.29 is 24.2 Å². The van der Waals surface area contributed by atoms with Crippen LogP contribution in [0.5, 0.6) is 5.75 Å². The van der Waals surface area contributed by atoms with Gasteiger partial charge in [0, 0.05) is 23.0 Å². The summed E-state index contributed by atoms with van der Waals surface area (Å²) in [5.41, 5.74) is 2.57. The summed E-state index contributed by atoms with van der Waals surface area (Å²) >= 11 is 0. The lowest BCUT2D eigenvalue weighted by Gasteiger charge is -2.10. The summed E-state index contributed by atoms with van der Waals surface area (Å²) in [5.74, 6) is -1.48. The van der Waals surface area contributed by atoms with E-state index in [0.717, 1.165) is 0 Å². The Morgan fingerprint density at radius 2 is 1.96 bits per heavy atom. The number of aromatic amines is 1. The van der Waals surface area contributed by atoms with Gasteiger partial charge in [0.1, 0.15) is 17.0 Å². The number of aromatic nitrogens is 1. The number of H-pyrrole nitrogens is 1. The van der Waals surface area contributed by atoms with Crippen LogP contribution in [0, 0.1) is 6.92 Å². The number of anilines is 1. The summed E-state index contributed by atoms with van der Waals surface area (Å²) in [4.78, 5) is 38.5. The Kier molecular flexibility index (Phi) is 5.26. The van der Waals surface area contributed by atoms with E-state index in [4.69, 9.17) is 9.84 Å². The predicted octanol–water partition coefficient (Wildman–Crippen LogP) is 3.05. The zero-order valence-electron chi connectivity index (χ0n) is 14.5. The maximum atomic E-state index is 12.6. The van der Waals surface area contributed by atoms with E-state index in [0.29, 0.717) is 34.6 Å². The number of hydrogen-bond acceptors (Lipinski definition) is 4. The van der Waals surface area contributed by atoms with Crippen LogP contribution < -0.4 is 10.1 Å². The number of Topliss-reactive ketones (excluding diaryl/α,β-unsaturated/α-hetero) is 1. The first kappa shape index (κ1) is 18.3. The SMILES string of the molecule is CCc1c(C(=O)Nc2ccc(C(=O)O)c(OC)c2)[nH]c(C)c1C(C)=O. The largest absolute Gasteiger partial charge is 0.496 e. The molecule has 0 aliphatic heterocycles. The van der Waals surface area contributed by atoms with Gasteiger partial charge in [0.25, 0.3) is 5.91 Å². The molecule has 0 atom stereocenters. The number of nitrogens with one attached hydrogen (secondary N) is 2. The average molecular weight is 344 g/mol. The van der Waals surface area contributed by atoms with Crippen LogP contribution in [0.15, 0.2) is 18.2 Å². The monoisotopic (exact) mass is 344 g/mol. The molecule has 7 nitrogen and oxygen atoms in total. The molecule has 0 bridgehead atoms. The lowest BCUT2D eigenvalue weighted by Crippen LogP contribution is -2.15. The summed E-state index contributed by atoms with van der Waals surface area (Å²) in [6, 6.07) is 4.28. The fraction of sp³-hybridized carbons (Fsp3) is 0.278. The number of ether oxygens (including phenoxy) is 1. The zero-order chi connectivity index (χ0) is 18.7. The molecule has 2 aromatic rings. The summed E-state index contributed by atoms with van der Waals surface area (Å²) in [6.07, 6.45) is 0.531. The van der Waals surface area contributed by atoms with Gasteiger partial charge >= 0.3 is 5.97 Å². The van der Waals surface area contributed by atoms with Gasteiger partial charge in [0.15, 0.2) is 5.78 Å². The number of ketones is 1. The Balaban J connectivity index is 2.36. The molecule has 0 fully saturated rings. The van der Waals surface area contributed by atoms with Gasteiger partial charge < -0.3 is 20.1 Å². The van der Waals surface area contributed by atoms with Crippen LogP contribution in [0.4, 0.5) is 5.69 Å². The second-order valence-electron chi connectivity index (χ2n) is 5.56. The maximum absolute atomic E-state index is 12.6. The summed E-state index contributed by atoms with van der Waals surface area (Å²) in [7, 11) is 1.36. The highest BCUT2D eigenvalue weighted by Crippen LogP contribution is 2.25. The minimum atomic E-state index is -1.12. The van der Waals surface area contributed by atoms with Gasteiger partial charge in [-0.05, 0) is 38.0 Å². The van der Waals surface area contributed by atoms with E-state index in [1.165, 1.54) is 32.2 Å². The van der Waals surface area contributed by atoms with E-state index >= 15 is 0 Å². The Bertz CT molecular complexity index is 851. The van der Waals surface area contributed by atoms with Crippen molar-refractivity contribution >= 4 is 23.3 Å². The third kappa shape index (κ3) is 3.55. The third-order valence-corrected chi connectivity index (χ3v) is 3.91. The highest BCUT2D eigenvalue weighted by atomic mass is 16.5. The number of rotatable bonds is 6. The number of aromatic carboxylic acids is 1. The lowest BCUT2D eigenvalue weighted by molar-refractivity contribution is 0.0693. The number of benzene rings is 1. The number of amides is 1. The van der Waals surface area contributed by atoms with Crippen molar-refractivity contribution in [2.75, 3.05) is 12.4 Å². The third-order valence-electron chi connectivity index (χ3n) is 3.91. The fourth-order valence-corrected chi connectivity index (χ4v) is 2.84. The minimum Gasteiger partial charge on any atom is -0.496 e. The zero-order valence-corrected chi connectivity index (χ0v) is 14.5. The average Bonchev–Trinajstić information content (AvgIpc) is 2.91. The van der Waals surface area contributed by atoms with Crippen LogP contribution in [0.3, 0.4) is 0 Å². The summed E-state index contributed by atoms with van der Waals surface area (Å²) in [5, 5.41) is 11.8. The molecule has 3 N–H and O–H groups in total. The molecule has 1 aromatic heterocycles. The molecule has 0 aliphatic rings. The standard InChI is InChI=1S/C18H20N2O5/c1-5-12-15(10(3)21)9(2)19-16(12)17(22)20-11-6-7-13(18(23)24)14(8-11)25-4/h6-8,19H,5H2,1-4H3,(H,20,22)(H,23,24). The van der Waals surface area contributed by atoms with Crippen LogP contribution in [0.25, 0.3) is 0 Å². The number of carboxylic acid groups (broad SMARTS) is 1. The van der Waals surface area contributed by atoms with E-state index in [2.05, 4.69) is 10.3 Å². The fourth-order valence-electron chi connectivity index (χ4n) is 2.84. The van der Waals surface area contributed by atoms with Crippen molar-refractivity contribution in [2.24, 2.45) is 0 Å². The van der Waals surface area contributed by atoms with Crippen molar-refractivity contribution in [3.63, 3.8) is 0 Å². The number of hydrogen-bond donors (Lipinski definition) is 3. The summed E-state index contributed by atoms with van der Waals surface area (Å²) < 4.78 is 5.05. The quantitative estimate of drug-likeness (QED) is 0.698. The van der Waals surface area contributed by atoms with E-state index in [1.807, 2.05) is 6.92 Å². The molecule has 132 valence electrons. The van der Waals surface area contributed by atoms with Gasteiger partial charge in [0.2, 0.25) is 0 Å². The maximum Gasteiger partial charge on any atom is 0.339 e. The van der Waals surface area contributed by atoms with Gasteiger partial charge in [-0.2, -0.15) is 0 Å². The number of aryl methyl sites for hydroxylation is 1. The van der Waals surface area contributed by atoms with Crippen molar-refractivity contribution in [1.29, 1.82) is 0 Å². The van der Waals surface area contributed by atoms with Crippen molar-refractivity contribution in [1.82, 2.24) is 4.98 Å². The van der Waals surface area contributed by atoms with E-state index in [-0.39, 0.29) is 17.1 Å². The van der Waals surface area contributed by atoms with Crippen molar-refractivity contribution in [2.45, 2.75) is 27.2 Å². The molecule has 1 heterocycles. The highest BCUT2D eigenvalue weighted by Gasteiger charge is 2.22. The molecule has 0 saturated carbocycles. The molecule has 0 radical (unpaired) electrons. The number of carbonyl (C=O) groups excluding carboxylic acids is 2. The van der Waals surface area contributed by atoms with Crippen LogP contribution in [0.1, 0.15) is 56.3 Å². The van der Waals surface area contributed by atoms with Crippen LogP contribution in [-0.2, 0) is 6.42 Å². The number of methoxy groups -OCH3 is 1. The molecule has 25 heavy (non-hydrogen) atoms. The Morgan fingerprint density at radius 1 is 1.28 bits per heavy atom.